The molecule has 0 spiro atoms. The molecular formula is C29H30F2N6O4S2. The summed E-state index contributed by atoms with van der Waals surface area (Å²) in [5, 5.41) is 13.9. The van der Waals surface area contributed by atoms with Crippen molar-refractivity contribution >= 4 is 44.6 Å². The molecule has 3 amide bonds. The van der Waals surface area contributed by atoms with E-state index >= 15 is 0 Å². The van der Waals surface area contributed by atoms with Crippen LogP contribution in [-0.2, 0) is 25.2 Å². The molecule has 1 aromatic heterocycles. The maximum absolute atomic E-state index is 14.9. The smallest absolute Gasteiger partial charge is 0.299 e. The van der Waals surface area contributed by atoms with Crippen LogP contribution in [0.3, 0.4) is 0 Å². The first kappa shape index (κ1) is 30.3. The minimum Gasteiger partial charge on any atom is -0.384 e. The lowest BCUT2D eigenvalue weighted by molar-refractivity contribution is -0.137. The number of benzene rings is 2. The van der Waals surface area contributed by atoms with E-state index in [-0.39, 0.29) is 41.1 Å². The average Bonchev–Trinajstić information content (AvgIpc) is 3.68. The summed E-state index contributed by atoms with van der Waals surface area (Å²) >= 11 is 1.31. The highest BCUT2D eigenvalue weighted by molar-refractivity contribution is 7.92. The number of fused-ring (bicyclic) bond motifs is 3. The number of thiophene rings is 1. The van der Waals surface area contributed by atoms with E-state index in [1.807, 2.05) is 0 Å². The number of likely N-dealkylation sites (tertiary alicyclic amines) is 1. The molecule has 43 heavy (non-hydrogen) atoms. The molecular weight excluding hydrogens is 598 g/mol. The number of alkyl halides is 2. The number of carbonyl (C=O) groups excluding carboxylic acids is 3. The Kier molecular flexibility index (Phi) is 7.86. The van der Waals surface area contributed by atoms with Gasteiger partial charge in [0.2, 0.25) is 11.8 Å². The minimum absolute atomic E-state index is 0.0126. The molecule has 1 fully saturated rings. The summed E-state index contributed by atoms with van der Waals surface area (Å²) in [5.74, 6) is -5.07. The number of rotatable bonds is 8. The van der Waals surface area contributed by atoms with Crippen molar-refractivity contribution in [1.29, 1.82) is 10.2 Å². The number of amidine groups is 1. The highest BCUT2D eigenvalue weighted by Crippen LogP contribution is 2.50. The molecule has 0 bridgehead atoms. The average molecular weight is 629 g/mol. The van der Waals surface area contributed by atoms with Gasteiger partial charge in [-0.05, 0) is 42.7 Å². The van der Waals surface area contributed by atoms with Crippen LogP contribution >= 0.6 is 11.3 Å². The molecule has 2 aliphatic rings. The normalized spacial score (nSPS) is 20.4. The van der Waals surface area contributed by atoms with Crippen LogP contribution in [0, 0.1) is 10.2 Å². The molecule has 1 saturated heterocycles. The Labute approximate surface area is 251 Å². The van der Waals surface area contributed by atoms with Crippen LogP contribution in [0.4, 0.5) is 8.78 Å². The van der Waals surface area contributed by atoms with Gasteiger partial charge in [0.15, 0.2) is 0 Å². The van der Waals surface area contributed by atoms with E-state index in [0.29, 0.717) is 11.1 Å². The van der Waals surface area contributed by atoms with Gasteiger partial charge >= 0.3 is 0 Å². The topological polar surface area (TPSA) is 169 Å². The van der Waals surface area contributed by atoms with Crippen molar-refractivity contribution in [3.63, 3.8) is 0 Å². The monoisotopic (exact) mass is 628 g/mol. The summed E-state index contributed by atoms with van der Waals surface area (Å²) in [7, 11) is -3.09. The molecule has 0 saturated carbocycles. The zero-order valence-electron chi connectivity index (χ0n) is 23.3. The summed E-state index contributed by atoms with van der Waals surface area (Å²) in [5.41, 5.74) is 6.37. The molecule has 10 nitrogen and oxygen atoms in total. The van der Waals surface area contributed by atoms with Crippen LogP contribution in [0.15, 0.2) is 53.9 Å². The zero-order chi connectivity index (χ0) is 31.3. The second kappa shape index (κ2) is 11.2. The molecule has 226 valence electrons. The second-order valence-corrected chi connectivity index (χ2v) is 14.2. The van der Waals surface area contributed by atoms with Crippen molar-refractivity contribution in [3.05, 3.63) is 81.0 Å². The highest BCUT2D eigenvalue weighted by Gasteiger charge is 2.45. The maximum atomic E-state index is 14.9. The van der Waals surface area contributed by atoms with Crippen molar-refractivity contribution in [1.82, 2.24) is 15.5 Å². The standard InChI is InChI=1S/C29H30F2N6O4S2/c1-15(24-10-17(14-42-24)26(32)33)36-28(40)23-11-18(43(2,34)41)13-37(23)25(38)12-35-27(39)16-7-8-22-20(9-16)19-5-3-4-6-21(19)29(22,30)31/h3-10,14-15,18,23,34H,11-13H2,1-2H3,(H3,32,33)(H,35,39)(H,36,40)/t15?,18-,23+,43?/m1/s1. The number of nitrogens with one attached hydrogen (secondary N) is 4. The first-order valence-electron chi connectivity index (χ1n) is 13.3. The molecule has 3 aromatic rings. The largest absolute Gasteiger partial charge is 0.384 e. The molecule has 1 aliphatic carbocycles. The summed E-state index contributed by atoms with van der Waals surface area (Å²) in [6.07, 6.45) is 1.27. The van der Waals surface area contributed by atoms with Gasteiger partial charge in [-0.25, -0.2) is 4.21 Å². The third-order valence-electron chi connectivity index (χ3n) is 7.81. The Bertz CT molecular complexity index is 1760. The van der Waals surface area contributed by atoms with Gasteiger partial charge in [-0.15, -0.1) is 11.3 Å². The predicted octanol–water partition coefficient (Wildman–Crippen LogP) is 3.41. The van der Waals surface area contributed by atoms with Gasteiger partial charge in [0.1, 0.15) is 11.9 Å². The Morgan fingerprint density at radius 3 is 2.51 bits per heavy atom. The number of hydrogen-bond donors (Lipinski definition) is 5. The number of nitrogens with zero attached hydrogens (tertiary/aromatic N) is 1. The third-order valence-corrected chi connectivity index (χ3v) is 10.5. The van der Waals surface area contributed by atoms with Crippen LogP contribution in [0.1, 0.15) is 51.3 Å². The van der Waals surface area contributed by atoms with Gasteiger partial charge in [-0.2, -0.15) is 8.78 Å². The van der Waals surface area contributed by atoms with E-state index in [1.165, 1.54) is 52.8 Å². The lowest BCUT2D eigenvalue weighted by Crippen LogP contribution is -2.49. The number of hydrogen-bond acceptors (Lipinski definition) is 7. The van der Waals surface area contributed by atoms with Crippen molar-refractivity contribution in [3.8, 4) is 11.1 Å². The molecule has 5 rings (SSSR count). The summed E-state index contributed by atoms with van der Waals surface area (Å²) in [6, 6.07) is 10.1. The van der Waals surface area contributed by atoms with Crippen LogP contribution in [0.25, 0.3) is 11.1 Å². The van der Waals surface area contributed by atoms with Gasteiger partial charge < -0.3 is 21.3 Å². The molecule has 4 atom stereocenters. The molecule has 14 heteroatoms. The number of amides is 3. The van der Waals surface area contributed by atoms with E-state index in [2.05, 4.69) is 10.6 Å². The fourth-order valence-electron chi connectivity index (χ4n) is 5.43. The lowest BCUT2D eigenvalue weighted by Gasteiger charge is -2.25. The summed E-state index contributed by atoms with van der Waals surface area (Å²) < 4.78 is 50.4. The van der Waals surface area contributed by atoms with Crippen molar-refractivity contribution in [2.24, 2.45) is 5.73 Å². The van der Waals surface area contributed by atoms with Gasteiger partial charge in [0, 0.05) is 55.0 Å². The van der Waals surface area contributed by atoms with Crippen LogP contribution in [-0.4, -0.2) is 63.3 Å². The summed E-state index contributed by atoms with van der Waals surface area (Å²) in [4.78, 5) is 41.5. The maximum Gasteiger partial charge on any atom is 0.299 e. The molecule has 0 radical (unpaired) electrons. The number of carbonyl (C=O) groups is 3. The van der Waals surface area contributed by atoms with Gasteiger partial charge in [0.05, 0.1) is 17.8 Å². The van der Waals surface area contributed by atoms with Crippen molar-refractivity contribution < 1.29 is 27.4 Å². The van der Waals surface area contributed by atoms with Gasteiger partial charge in [0.25, 0.3) is 11.8 Å². The van der Waals surface area contributed by atoms with Crippen molar-refractivity contribution in [2.75, 3.05) is 19.3 Å². The molecule has 2 unspecified atom stereocenters. The Hall–Kier alpha value is -4.17. The first-order valence-corrected chi connectivity index (χ1v) is 16.2. The van der Waals surface area contributed by atoms with Gasteiger partial charge in [-0.3, -0.25) is 24.6 Å². The molecule has 2 heterocycles. The number of nitrogen functional groups attached to an aromatic ring is 1. The Balaban J connectivity index is 1.29. The van der Waals surface area contributed by atoms with E-state index in [0.717, 1.165) is 4.88 Å². The SMILES string of the molecule is CC(NC(=O)[C@@H]1C[C@@H](S(C)(=N)=O)CN1C(=O)CNC(=O)c1ccc2c(c1)-c1ccccc1C2(F)F)c1cc(C(=N)N)cs1. The van der Waals surface area contributed by atoms with E-state index in [9.17, 15) is 27.4 Å². The number of halogens is 2. The highest BCUT2D eigenvalue weighted by atomic mass is 32.2. The predicted molar refractivity (Wildman–Crippen MR) is 160 cm³/mol. The zero-order valence-corrected chi connectivity index (χ0v) is 24.9. The first-order chi connectivity index (χ1) is 20.2. The van der Waals surface area contributed by atoms with E-state index < -0.39 is 57.3 Å². The van der Waals surface area contributed by atoms with E-state index in [4.69, 9.17) is 15.9 Å². The Morgan fingerprint density at radius 2 is 1.84 bits per heavy atom. The fraction of sp³-hybridized carbons (Fsp3) is 0.310. The van der Waals surface area contributed by atoms with Crippen LogP contribution < -0.4 is 16.4 Å². The lowest BCUT2D eigenvalue weighted by atomic mass is 10.0. The van der Waals surface area contributed by atoms with E-state index in [1.54, 1.807) is 30.5 Å². The van der Waals surface area contributed by atoms with Crippen LogP contribution in [0.5, 0.6) is 0 Å². The molecule has 6 N–H and O–H groups in total. The van der Waals surface area contributed by atoms with Crippen molar-refractivity contribution in [2.45, 2.75) is 36.6 Å². The fourth-order valence-corrected chi connectivity index (χ4v) is 7.34. The molecule has 2 aromatic carbocycles. The second-order valence-electron chi connectivity index (χ2n) is 10.8. The molecule has 1 aliphatic heterocycles. The minimum atomic E-state index is -3.19. The number of nitrogens with two attached hydrogens (primary N) is 1. The summed E-state index contributed by atoms with van der Waals surface area (Å²) in [6.45, 7) is 1.15. The quantitative estimate of drug-likeness (QED) is 0.190. The third kappa shape index (κ3) is 5.76. The Morgan fingerprint density at radius 1 is 1.14 bits per heavy atom. The van der Waals surface area contributed by atoms with Crippen LogP contribution in [0.2, 0.25) is 0 Å². The van der Waals surface area contributed by atoms with Gasteiger partial charge in [-0.1, -0.05) is 30.3 Å².